The molecule has 162 valence electrons. The molecule has 0 bridgehead atoms. The van der Waals surface area contributed by atoms with Crippen LogP contribution in [-0.2, 0) is 10.0 Å². The van der Waals surface area contributed by atoms with Crippen molar-refractivity contribution in [3.8, 4) is 0 Å². The highest BCUT2D eigenvalue weighted by molar-refractivity contribution is 7.89. The molecular weight excluding hydrogens is 416 g/mol. The van der Waals surface area contributed by atoms with Gasteiger partial charge >= 0.3 is 0 Å². The average molecular weight is 441 g/mol. The summed E-state index contributed by atoms with van der Waals surface area (Å²) in [5, 5.41) is 11.3. The number of carbonyl (C=O) groups excluding carboxylic acids is 1. The summed E-state index contributed by atoms with van der Waals surface area (Å²) in [7, 11) is -4.06. The fourth-order valence-electron chi connectivity index (χ4n) is 4.30. The van der Waals surface area contributed by atoms with Crippen LogP contribution < -0.4 is 0 Å². The molecule has 0 N–H and O–H groups in total. The maximum atomic E-state index is 13.3. The highest BCUT2D eigenvalue weighted by Crippen LogP contribution is 2.36. The van der Waals surface area contributed by atoms with Crippen LogP contribution in [-0.4, -0.2) is 30.1 Å². The minimum absolute atomic E-state index is 0.0498. The fraction of sp³-hybridized carbons (Fsp3) is 0.348. The molecule has 0 aromatic heterocycles. The van der Waals surface area contributed by atoms with Crippen molar-refractivity contribution in [1.29, 1.82) is 0 Å². The number of nitro groups is 1. The van der Waals surface area contributed by atoms with Gasteiger partial charge in [0.05, 0.1) is 16.4 Å². The van der Waals surface area contributed by atoms with E-state index in [0.29, 0.717) is 11.1 Å². The molecule has 1 heterocycles. The van der Waals surface area contributed by atoms with Crippen molar-refractivity contribution >= 4 is 27.2 Å². The lowest BCUT2D eigenvalue weighted by Crippen LogP contribution is -2.41. The van der Waals surface area contributed by atoms with E-state index in [1.165, 1.54) is 36.8 Å². The van der Waals surface area contributed by atoms with Crippen molar-refractivity contribution in [3.63, 3.8) is 0 Å². The van der Waals surface area contributed by atoms with Crippen LogP contribution in [0.25, 0.3) is 5.57 Å². The minimum atomic E-state index is -4.06. The third-order valence-corrected chi connectivity index (χ3v) is 7.77. The molecule has 0 radical (unpaired) electrons. The Balaban J connectivity index is 1.81. The van der Waals surface area contributed by atoms with Crippen molar-refractivity contribution in [1.82, 2.24) is 4.31 Å². The Morgan fingerprint density at radius 2 is 1.71 bits per heavy atom. The SMILES string of the molecule is Cc1ccc(S(=O)(=O)N2C/C(=C/C3CCCCC3)c3cc([N+](=O)[O-])ccc3C2=O)cc1. The van der Waals surface area contributed by atoms with E-state index in [-0.39, 0.29) is 28.6 Å². The number of nitrogens with zero attached hydrogens (tertiary/aromatic N) is 2. The average Bonchev–Trinajstić information content (AvgIpc) is 2.76. The number of amides is 1. The Labute approximate surface area is 181 Å². The van der Waals surface area contributed by atoms with Gasteiger partial charge in [0, 0.05) is 17.7 Å². The van der Waals surface area contributed by atoms with Crippen molar-refractivity contribution in [2.24, 2.45) is 5.92 Å². The van der Waals surface area contributed by atoms with Crippen LogP contribution in [0.4, 0.5) is 5.69 Å². The summed E-state index contributed by atoms with van der Waals surface area (Å²) in [6, 6.07) is 10.4. The molecule has 1 aliphatic heterocycles. The first-order valence-corrected chi connectivity index (χ1v) is 11.8. The van der Waals surface area contributed by atoms with Gasteiger partial charge in [-0.2, -0.15) is 0 Å². The lowest BCUT2D eigenvalue weighted by Gasteiger charge is -2.31. The van der Waals surface area contributed by atoms with Crippen molar-refractivity contribution in [2.45, 2.75) is 43.9 Å². The number of aryl methyl sites for hydroxylation is 1. The van der Waals surface area contributed by atoms with Gasteiger partial charge in [0.2, 0.25) is 0 Å². The summed E-state index contributed by atoms with van der Waals surface area (Å²) in [5.41, 5.74) is 2.09. The number of rotatable bonds is 4. The molecule has 1 saturated carbocycles. The number of non-ortho nitro benzene ring substituents is 1. The maximum absolute atomic E-state index is 13.3. The van der Waals surface area contributed by atoms with Crippen LogP contribution in [0, 0.1) is 23.0 Å². The Kier molecular flexibility index (Phi) is 5.66. The van der Waals surface area contributed by atoms with Gasteiger partial charge in [-0.1, -0.05) is 43.0 Å². The van der Waals surface area contributed by atoms with Gasteiger partial charge < -0.3 is 0 Å². The van der Waals surface area contributed by atoms with E-state index >= 15 is 0 Å². The molecule has 0 unspecified atom stereocenters. The van der Waals surface area contributed by atoms with Gasteiger partial charge in [0.1, 0.15) is 0 Å². The molecule has 0 atom stereocenters. The molecule has 0 saturated heterocycles. The molecule has 7 nitrogen and oxygen atoms in total. The molecule has 8 heteroatoms. The number of hydrogen-bond acceptors (Lipinski definition) is 5. The second-order valence-electron chi connectivity index (χ2n) is 8.21. The normalized spacial score (nSPS) is 18.8. The van der Waals surface area contributed by atoms with Crippen LogP contribution in [0.1, 0.15) is 53.6 Å². The molecular formula is C23H24N2O5S. The summed E-state index contributed by atoms with van der Waals surface area (Å²) in [6.45, 7) is 1.73. The Bertz CT molecular complexity index is 1160. The van der Waals surface area contributed by atoms with E-state index in [2.05, 4.69) is 0 Å². The quantitative estimate of drug-likeness (QED) is 0.506. The van der Waals surface area contributed by atoms with E-state index in [4.69, 9.17) is 0 Å². The topological polar surface area (TPSA) is 97.6 Å². The summed E-state index contributed by atoms with van der Waals surface area (Å²) >= 11 is 0. The predicted molar refractivity (Wildman–Crippen MR) is 117 cm³/mol. The monoisotopic (exact) mass is 440 g/mol. The number of allylic oxidation sites excluding steroid dienone is 1. The smallest absolute Gasteiger partial charge is 0.268 e. The number of benzene rings is 2. The molecule has 2 aromatic rings. The first-order chi connectivity index (χ1) is 14.8. The highest BCUT2D eigenvalue weighted by Gasteiger charge is 2.37. The standard InChI is InChI=1S/C23H24N2O5S/c1-16-7-10-20(11-8-16)31(29,30)24-15-18(13-17-5-3-2-4-6-17)22-14-19(25(27)28)9-12-21(22)23(24)26/h7-14,17H,2-6,15H2,1H3/b18-13-. The molecule has 1 fully saturated rings. The Hall–Kier alpha value is -3.00. The summed E-state index contributed by atoms with van der Waals surface area (Å²) < 4.78 is 27.5. The number of fused-ring (bicyclic) bond motifs is 1. The van der Waals surface area contributed by atoms with Gasteiger partial charge in [-0.3, -0.25) is 14.9 Å². The van der Waals surface area contributed by atoms with E-state index < -0.39 is 20.9 Å². The molecule has 2 aliphatic rings. The van der Waals surface area contributed by atoms with Gasteiger partial charge in [-0.25, -0.2) is 12.7 Å². The summed E-state index contributed by atoms with van der Waals surface area (Å²) in [6.07, 6.45) is 7.37. The van der Waals surface area contributed by atoms with Crippen LogP contribution in [0.3, 0.4) is 0 Å². The van der Waals surface area contributed by atoms with Crippen LogP contribution in [0.2, 0.25) is 0 Å². The van der Waals surface area contributed by atoms with Crippen LogP contribution in [0.15, 0.2) is 53.4 Å². The third-order valence-electron chi connectivity index (χ3n) is 6.03. The molecule has 0 spiro atoms. The second kappa shape index (κ2) is 8.26. The van der Waals surface area contributed by atoms with Gasteiger partial charge in [-0.15, -0.1) is 0 Å². The molecule has 4 rings (SSSR count). The van der Waals surface area contributed by atoms with Crippen LogP contribution in [0.5, 0.6) is 0 Å². The van der Waals surface area contributed by atoms with E-state index in [1.54, 1.807) is 12.1 Å². The van der Waals surface area contributed by atoms with Crippen molar-refractivity contribution < 1.29 is 18.1 Å². The highest BCUT2D eigenvalue weighted by atomic mass is 32.2. The first kappa shape index (κ1) is 21.2. The van der Waals surface area contributed by atoms with Crippen LogP contribution >= 0.6 is 0 Å². The zero-order valence-corrected chi connectivity index (χ0v) is 18.1. The fourth-order valence-corrected chi connectivity index (χ4v) is 5.66. The Morgan fingerprint density at radius 1 is 1.03 bits per heavy atom. The minimum Gasteiger partial charge on any atom is -0.268 e. The number of carbonyl (C=O) groups is 1. The molecule has 2 aromatic carbocycles. The third kappa shape index (κ3) is 4.12. The van der Waals surface area contributed by atoms with Gasteiger partial charge in [0.25, 0.3) is 21.6 Å². The second-order valence-corrected chi connectivity index (χ2v) is 10.1. The Morgan fingerprint density at radius 3 is 2.35 bits per heavy atom. The van der Waals surface area contributed by atoms with E-state index in [0.717, 1.165) is 35.6 Å². The largest absolute Gasteiger partial charge is 0.270 e. The molecule has 1 aliphatic carbocycles. The number of sulfonamides is 1. The van der Waals surface area contributed by atoms with Crippen molar-refractivity contribution in [3.05, 3.63) is 75.3 Å². The number of nitro benzene ring substituents is 1. The van der Waals surface area contributed by atoms with Gasteiger partial charge in [0.15, 0.2) is 0 Å². The van der Waals surface area contributed by atoms with Gasteiger partial charge in [-0.05, 0) is 55.0 Å². The molecule has 1 amide bonds. The maximum Gasteiger partial charge on any atom is 0.270 e. The number of hydrogen-bond donors (Lipinski definition) is 0. The summed E-state index contributed by atoms with van der Waals surface area (Å²) in [4.78, 5) is 24.0. The predicted octanol–water partition coefficient (Wildman–Crippen LogP) is 4.71. The van der Waals surface area contributed by atoms with Crippen molar-refractivity contribution in [2.75, 3.05) is 6.54 Å². The zero-order valence-electron chi connectivity index (χ0n) is 17.3. The summed E-state index contributed by atoms with van der Waals surface area (Å²) in [5.74, 6) is -0.390. The lowest BCUT2D eigenvalue weighted by molar-refractivity contribution is -0.384. The lowest BCUT2D eigenvalue weighted by atomic mass is 9.85. The first-order valence-electron chi connectivity index (χ1n) is 10.4. The van der Waals surface area contributed by atoms with E-state index in [9.17, 15) is 23.3 Å². The molecule has 31 heavy (non-hydrogen) atoms. The zero-order chi connectivity index (χ0) is 22.2. The van der Waals surface area contributed by atoms with E-state index in [1.807, 2.05) is 13.0 Å².